The van der Waals surface area contributed by atoms with E-state index >= 15 is 0 Å². The molecule has 35 heavy (non-hydrogen) atoms. The summed E-state index contributed by atoms with van der Waals surface area (Å²) in [4.78, 5) is 54.6. The average Bonchev–Trinajstić information content (AvgIpc) is 3.46. The summed E-state index contributed by atoms with van der Waals surface area (Å²) in [7, 11) is 2.58. The van der Waals surface area contributed by atoms with Crippen LogP contribution in [0.4, 0.5) is 11.4 Å². The van der Waals surface area contributed by atoms with Crippen LogP contribution in [0.25, 0.3) is 20.4 Å². The highest BCUT2D eigenvalue weighted by atomic mass is 32.1. The monoisotopic (exact) mass is 518 g/mol. The van der Waals surface area contributed by atoms with E-state index in [-0.39, 0.29) is 50.6 Å². The van der Waals surface area contributed by atoms with E-state index in [0.717, 1.165) is 22.7 Å². The molecule has 16 heteroatoms. The van der Waals surface area contributed by atoms with Gasteiger partial charge in [-0.15, -0.1) is 22.7 Å². The number of nitrogens with zero attached hydrogens (tertiary/aromatic N) is 4. The van der Waals surface area contributed by atoms with E-state index in [1.165, 1.54) is 26.4 Å². The molecule has 2 aromatic carbocycles. The summed E-state index contributed by atoms with van der Waals surface area (Å²) >= 11 is 1.88. The maximum atomic E-state index is 12.5. The van der Waals surface area contributed by atoms with Crippen molar-refractivity contribution in [3.8, 4) is 11.5 Å². The SMILES string of the molecule is COc1ccc2sc(C(=O)NCNC(=O)c3nc4c([N+](=O)[O-])c(OC)ccc4s3)nc2c1[N+](=O)[O-]. The molecule has 4 aromatic rings. The highest BCUT2D eigenvalue weighted by molar-refractivity contribution is 7.20. The zero-order valence-corrected chi connectivity index (χ0v) is 19.5. The Morgan fingerprint density at radius 1 is 0.829 bits per heavy atom. The second kappa shape index (κ2) is 9.43. The van der Waals surface area contributed by atoms with Crippen LogP contribution in [0, 0.1) is 20.2 Å². The minimum atomic E-state index is -0.663. The maximum Gasteiger partial charge on any atom is 0.337 e. The van der Waals surface area contributed by atoms with E-state index in [2.05, 4.69) is 20.6 Å². The number of benzene rings is 2. The van der Waals surface area contributed by atoms with Gasteiger partial charge in [0.15, 0.2) is 32.5 Å². The Kier molecular flexibility index (Phi) is 6.39. The Morgan fingerprint density at radius 2 is 1.23 bits per heavy atom. The molecule has 14 nitrogen and oxygen atoms in total. The summed E-state index contributed by atoms with van der Waals surface area (Å²) in [5.41, 5.74) is -0.676. The lowest BCUT2D eigenvalue weighted by Gasteiger charge is -2.04. The van der Waals surface area contributed by atoms with Crippen molar-refractivity contribution in [3.05, 3.63) is 54.5 Å². The zero-order valence-electron chi connectivity index (χ0n) is 17.9. The molecular weight excluding hydrogens is 504 g/mol. The lowest BCUT2D eigenvalue weighted by Crippen LogP contribution is -2.37. The fourth-order valence-corrected chi connectivity index (χ4v) is 4.93. The number of hydrogen-bond acceptors (Lipinski definition) is 12. The Balaban J connectivity index is 1.47. The van der Waals surface area contributed by atoms with Gasteiger partial charge in [-0.05, 0) is 24.3 Å². The van der Waals surface area contributed by atoms with Crippen LogP contribution in [0.15, 0.2) is 24.3 Å². The minimum absolute atomic E-state index is 0.0139. The van der Waals surface area contributed by atoms with Crippen molar-refractivity contribution in [2.75, 3.05) is 20.9 Å². The van der Waals surface area contributed by atoms with Gasteiger partial charge < -0.3 is 20.1 Å². The first-order chi connectivity index (χ1) is 16.7. The number of nitro groups is 2. The first-order valence-electron chi connectivity index (χ1n) is 9.55. The van der Waals surface area contributed by atoms with Gasteiger partial charge in [0.05, 0.1) is 40.1 Å². The molecule has 0 radical (unpaired) electrons. The van der Waals surface area contributed by atoms with Gasteiger partial charge in [0, 0.05) is 0 Å². The molecular formula is C19H14N6O8S2. The number of carbonyl (C=O) groups excluding carboxylic acids is 2. The van der Waals surface area contributed by atoms with Crippen LogP contribution in [-0.4, -0.2) is 52.5 Å². The van der Waals surface area contributed by atoms with E-state index in [1.54, 1.807) is 12.1 Å². The van der Waals surface area contributed by atoms with Crippen molar-refractivity contribution >= 4 is 66.3 Å². The minimum Gasteiger partial charge on any atom is -0.490 e. The first-order valence-corrected chi connectivity index (χ1v) is 11.2. The molecule has 4 rings (SSSR count). The average molecular weight is 518 g/mol. The molecule has 2 amide bonds. The Morgan fingerprint density at radius 3 is 1.57 bits per heavy atom. The lowest BCUT2D eigenvalue weighted by atomic mass is 10.2. The predicted octanol–water partition coefficient (Wildman–Crippen LogP) is 2.86. The number of ether oxygens (including phenoxy) is 2. The van der Waals surface area contributed by atoms with Crippen LogP contribution in [-0.2, 0) is 0 Å². The van der Waals surface area contributed by atoms with Crippen LogP contribution in [0.5, 0.6) is 11.5 Å². The quantitative estimate of drug-likeness (QED) is 0.199. The molecule has 2 N–H and O–H groups in total. The molecule has 2 heterocycles. The van der Waals surface area contributed by atoms with Gasteiger partial charge >= 0.3 is 11.4 Å². The number of aromatic nitrogens is 2. The number of thiazole rings is 2. The standard InChI is InChI=1S/C19H14N6O8S2/c1-32-8-3-5-10-12(14(8)24(28)29)22-18(34-10)16(26)20-7-21-17(27)19-23-13-11(35-19)6-4-9(33-2)15(13)25(30)31/h3-6H,7H2,1-2H3,(H,20,26)(H,21,27). The number of carbonyl (C=O) groups is 2. The van der Waals surface area contributed by atoms with E-state index < -0.39 is 21.7 Å². The summed E-state index contributed by atoms with van der Waals surface area (Å²) in [6.07, 6.45) is 0. The van der Waals surface area contributed by atoms with Crippen LogP contribution in [0.1, 0.15) is 19.6 Å². The summed E-state index contributed by atoms with van der Waals surface area (Å²) < 4.78 is 10.8. The number of nitrogens with one attached hydrogen (secondary N) is 2. The van der Waals surface area contributed by atoms with Crippen molar-refractivity contribution in [2.45, 2.75) is 0 Å². The summed E-state index contributed by atoms with van der Waals surface area (Å²) in [5, 5.41) is 27.6. The molecule has 180 valence electrons. The third-order valence-electron chi connectivity index (χ3n) is 4.69. The number of hydrogen-bond donors (Lipinski definition) is 2. The number of methoxy groups -OCH3 is 2. The largest absolute Gasteiger partial charge is 0.490 e. The molecule has 0 aliphatic carbocycles. The van der Waals surface area contributed by atoms with Gasteiger partial charge in [0.1, 0.15) is 0 Å². The van der Waals surface area contributed by atoms with Crippen molar-refractivity contribution in [2.24, 2.45) is 0 Å². The molecule has 0 aliphatic rings. The Bertz CT molecular complexity index is 1400. The Labute approximate surface area is 202 Å². The molecule has 0 saturated heterocycles. The third kappa shape index (κ3) is 4.38. The molecule has 2 aromatic heterocycles. The molecule has 0 unspecified atom stereocenters. The van der Waals surface area contributed by atoms with Gasteiger partial charge in [-0.1, -0.05) is 0 Å². The zero-order chi connectivity index (χ0) is 25.3. The molecule has 0 aliphatic heterocycles. The van der Waals surface area contributed by atoms with E-state index in [9.17, 15) is 29.8 Å². The summed E-state index contributed by atoms with van der Waals surface area (Å²) in [5.74, 6) is -1.30. The second-order valence-corrected chi connectivity index (χ2v) is 8.73. The highest BCUT2D eigenvalue weighted by Gasteiger charge is 2.26. The Hall–Kier alpha value is -4.44. The fraction of sp³-hybridized carbons (Fsp3) is 0.158. The maximum absolute atomic E-state index is 12.5. The highest BCUT2D eigenvalue weighted by Crippen LogP contribution is 2.38. The van der Waals surface area contributed by atoms with Gasteiger partial charge in [-0.3, -0.25) is 29.8 Å². The summed E-state index contributed by atoms with van der Waals surface area (Å²) in [6, 6.07) is 5.94. The van der Waals surface area contributed by atoms with Crippen LogP contribution < -0.4 is 20.1 Å². The van der Waals surface area contributed by atoms with Gasteiger partial charge in [-0.25, -0.2) is 9.97 Å². The molecule has 0 atom stereocenters. The molecule has 0 saturated carbocycles. The fourth-order valence-electron chi connectivity index (χ4n) is 3.16. The normalized spacial score (nSPS) is 10.8. The van der Waals surface area contributed by atoms with E-state index in [0.29, 0.717) is 9.40 Å². The van der Waals surface area contributed by atoms with Crippen molar-refractivity contribution < 1.29 is 28.9 Å². The number of rotatable bonds is 8. The molecule has 0 bridgehead atoms. The summed E-state index contributed by atoms with van der Waals surface area (Å²) in [6.45, 7) is -0.305. The van der Waals surface area contributed by atoms with Crippen molar-refractivity contribution in [1.29, 1.82) is 0 Å². The topological polar surface area (TPSA) is 189 Å². The van der Waals surface area contributed by atoms with Crippen molar-refractivity contribution in [1.82, 2.24) is 20.6 Å². The van der Waals surface area contributed by atoms with Crippen LogP contribution in [0.2, 0.25) is 0 Å². The lowest BCUT2D eigenvalue weighted by molar-refractivity contribution is -0.384. The van der Waals surface area contributed by atoms with Gasteiger partial charge in [0.25, 0.3) is 11.8 Å². The second-order valence-electron chi connectivity index (χ2n) is 6.67. The first kappa shape index (κ1) is 23.7. The van der Waals surface area contributed by atoms with E-state index in [1.807, 2.05) is 0 Å². The molecule has 0 fully saturated rings. The van der Waals surface area contributed by atoms with Crippen molar-refractivity contribution in [3.63, 3.8) is 0 Å². The van der Waals surface area contributed by atoms with Crippen LogP contribution in [0.3, 0.4) is 0 Å². The predicted molar refractivity (Wildman–Crippen MR) is 125 cm³/mol. The molecule has 0 spiro atoms. The number of amides is 2. The van der Waals surface area contributed by atoms with Crippen LogP contribution >= 0.6 is 22.7 Å². The third-order valence-corrected chi connectivity index (χ3v) is 6.72. The number of fused-ring (bicyclic) bond motifs is 2. The van der Waals surface area contributed by atoms with Gasteiger partial charge in [0.2, 0.25) is 0 Å². The number of nitro benzene ring substituents is 2. The van der Waals surface area contributed by atoms with E-state index in [4.69, 9.17) is 9.47 Å². The smallest absolute Gasteiger partial charge is 0.337 e. The van der Waals surface area contributed by atoms with Gasteiger partial charge in [-0.2, -0.15) is 0 Å².